The zero-order chi connectivity index (χ0) is 14.3. The van der Waals surface area contributed by atoms with Gasteiger partial charge in [0.25, 0.3) is 0 Å². The first-order valence-corrected chi connectivity index (χ1v) is 6.32. The third-order valence-electron chi connectivity index (χ3n) is 2.96. The summed E-state index contributed by atoms with van der Waals surface area (Å²) in [5.41, 5.74) is 0. The fraction of sp³-hybridized carbons (Fsp3) is 0.750. The van der Waals surface area contributed by atoms with Crippen LogP contribution in [0, 0.1) is 0 Å². The summed E-state index contributed by atoms with van der Waals surface area (Å²) in [4.78, 5) is 33.8. The van der Waals surface area contributed by atoms with Gasteiger partial charge in [0.2, 0.25) is 5.91 Å². The van der Waals surface area contributed by atoms with Crippen LogP contribution in [0.3, 0.4) is 0 Å². The molecule has 0 bridgehead atoms. The Hall–Kier alpha value is -1.63. The molecule has 0 saturated carbocycles. The lowest BCUT2D eigenvalue weighted by Gasteiger charge is -2.24. The topological polar surface area (TPSA) is 104 Å². The number of rotatable bonds is 7. The molecule has 0 radical (unpaired) electrons. The lowest BCUT2D eigenvalue weighted by molar-refractivity contribution is -0.149. The van der Waals surface area contributed by atoms with Gasteiger partial charge in [0.1, 0.15) is 13.1 Å². The number of carboxylic acid groups (broad SMARTS) is 2. The Morgan fingerprint density at radius 3 is 2.21 bits per heavy atom. The van der Waals surface area contributed by atoms with E-state index in [0.29, 0.717) is 13.0 Å². The fourth-order valence-electron chi connectivity index (χ4n) is 2.04. The van der Waals surface area contributed by atoms with E-state index in [1.807, 2.05) is 0 Å². The first-order chi connectivity index (χ1) is 8.99. The van der Waals surface area contributed by atoms with Crippen LogP contribution in [0.2, 0.25) is 0 Å². The summed E-state index contributed by atoms with van der Waals surface area (Å²) in [6.45, 7) is -0.486. The summed E-state index contributed by atoms with van der Waals surface area (Å²) in [5.74, 6) is -2.90. The van der Waals surface area contributed by atoms with Crippen LogP contribution in [-0.2, 0) is 19.1 Å². The number of aliphatic carboxylic acids is 2. The molecule has 1 heterocycles. The van der Waals surface area contributed by atoms with Gasteiger partial charge in [-0.25, -0.2) is 0 Å². The van der Waals surface area contributed by atoms with Crippen LogP contribution in [0.4, 0.5) is 0 Å². The minimum absolute atomic E-state index is 0.0224. The number of carboxylic acids is 2. The van der Waals surface area contributed by atoms with E-state index in [1.54, 1.807) is 0 Å². The minimum Gasteiger partial charge on any atom is -0.480 e. The van der Waals surface area contributed by atoms with E-state index >= 15 is 0 Å². The maximum absolute atomic E-state index is 11.8. The second-order valence-corrected chi connectivity index (χ2v) is 4.56. The molecular weight excluding hydrogens is 254 g/mol. The van der Waals surface area contributed by atoms with Gasteiger partial charge >= 0.3 is 11.9 Å². The Morgan fingerprint density at radius 2 is 1.74 bits per heavy atom. The summed E-state index contributed by atoms with van der Waals surface area (Å²) in [6.07, 6.45) is 3.63. The van der Waals surface area contributed by atoms with E-state index in [2.05, 4.69) is 0 Å². The number of hydrogen-bond acceptors (Lipinski definition) is 4. The quantitative estimate of drug-likeness (QED) is 0.693. The number of nitrogens with zero attached hydrogens (tertiary/aromatic N) is 1. The van der Waals surface area contributed by atoms with Crippen molar-refractivity contribution in [1.82, 2.24) is 4.90 Å². The van der Waals surface area contributed by atoms with Gasteiger partial charge in [-0.1, -0.05) is 0 Å². The molecule has 1 fully saturated rings. The van der Waals surface area contributed by atoms with E-state index in [-0.39, 0.29) is 12.5 Å². The molecule has 1 atom stereocenters. The van der Waals surface area contributed by atoms with Crippen molar-refractivity contribution in [3.63, 3.8) is 0 Å². The molecule has 1 unspecified atom stereocenters. The lowest BCUT2D eigenvalue weighted by Crippen LogP contribution is -2.39. The maximum atomic E-state index is 11.8. The summed E-state index contributed by atoms with van der Waals surface area (Å²) < 4.78 is 5.47. The van der Waals surface area contributed by atoms with Crippen molar-refractivity contribution >= 4 is 17.8 Å². The van der Waals surface area contributed by atoms with E-state index in [9.17, 15) is 14.4 Å². The maximum Gasteiger partial charge on any atom is 0.323 e. The molecule has 1 rings (SSSR count). The Labute approximate surface area is 111 Å². The highest BCUT2D eigenvalue weighted by Gasteiger charge is 2.21. The van der Waals surface area contributed by atoms with Gasteiger partial charge in [0.15, 0.2) is 0 Å². The van der Waals surface area contributed by atoms with E-state index in [1.165, 1.54) is 0 Å². The van der Waals surface area contributed by atoms with Gasteiger partial charge in [-0.2, -0.15) is 0 Å². The largest absolute Gasteiger partial charge is 0.480 e. The Morgan fingerprint density at radius 1 is 1.11 bits per heavy atom. The molecule has 1 aliphatic heterocycles. The number of amides is 1. The van der Waals surface area contributed by atoms with Crippen molar-refractivity contribution in [1.29, 1.82) is 0 Å². The number of carbonyl (C=O) groups excluding carboxylic acids is 1. The molecule has 1 aliphatic rings. The highest BCUT2D eigenvalue weighted by Crippen LogP contribution is 2.17. The molecule has 0 aromatic rings. The van der Waals surface area contributed by atoms with E-state index < -0.39 is 30.9 Å². The molecule has 19 heavy (non-hydrogen) atoms. The Bertz CT molecular complexity index is 321. The predicted octanol–water partition coefficient (Wildman–Crippen LogP) is 0.333. The molecule has 0 spiro atoms. The van der Waals surface area contributed by atoms with Gasteiger partial charge < -0.3 is 19.8 Å². The first kappa shape index (κ1) is 15.4. The van der Waals surface area contributed by atoms with E-state index in [0.717, 1.165) is 24.2 Å². The first-order valence-electron chi connectivity index (χ1n) is 6.32. The van der Waals surface area contributed by atoms with Crippen molar-refractivity contribution in [2.24, 2.45) is 0 Å². The third kappa shape index (κ3) is 6.19. The second kappa shape index (κ2) is 7.73. The SMILES string of the molecule is O=C(O)CN(CC(=O)O)C(=O)CCC1CCCCO1. The van der Waals surface area contributed by atoms with Gasteiger partial charge in [0.05, 0.1) is 6.10 Å². The summed E-state index contributed by atoms with van der Waals surface area (Å²) in [7, 11) is 0. The minimum atomic E-state index is -1.22. The summed E-state index contributed by atoms with van der Waals surface area (Å²) in [6, 6.07) is 0. The van der Waals surface area contributed by atoms with Crippen molar-refractivity contribution < 1.29 is 29.3 Å². The Balaban J connectivity index is 2.41. The van der Waals surface area contributed by atoms with Crippen LogP contribution < -0.4 is 0 Å². The van der Waals surface area contributed by atoms with Crippen LogP contribution in [0.25, 0.3) is 0 Å². The molecular formula is C12H19NO6. The van der Waals surface area contributed by atoms with Crippen LogP contribution in [0.5, 0.6) is 0 Å². The normalized spacial score (nSPS) is 18.8. The molecule has 2 N–H and O–H groups in total. The summed E-state index contributed by atoms with van der Waals surface area (Å²) >= 11 is 0. The fourth-order valence-corrected chi connectivity index (χ4v) is 2.04. The molecule has 7 nitrogen and oxygen atoms in total. The van der Waals surface area contributed by atoms with Gasteiger partial charge in [-0.15, -0.1) is 0 Å². The van der Waals surface area contributed by atoms with Gasteiger partial charge in [-0.3, -0.25) is 14.4 Å². The molecule has 7 heteroatoms. The predicted molar refractivity (Wildman–Crippen MR) is 64.7 cm³/mol. The molecule has 0 aromatic heterocycles. The molecule has 1 saturated heterocycles. The molecule has 1 amide bonds. The standard InChI is InChI=1S/C12H19NO6/c14-10(5-4-9-3-1-2-6-19-9)13(7-11(15)16)8-12(17)18/h9H,1-8H2,(H,15,16)(H,17,18). The summed E-state index contributed by atoms with van der Waals surface area (Å²) in [5, 5.41) is 17.3. The van der Waals surface area contributed by atoms with Crippen LogP contribution >= 0.6 is 0 Å². The average Bonchev–Trinajstić information content (AvgIpc) is 2.35. The molecule has 0 aliphatic carbocycles. The van der Waals surface area contributed by atoms with Crippen molar-refractivity contribution in [2.75, 3.05) is 19.7 Å². The monoisotopic (exact) mass is 273 g/mol. The van der Waals surface area contributed by atoms with Crippen LogP contribution in [0.1, 0.15) is 32.1 Å². The third-order valence-corrected chi connectivity index (χ3v) is 2.96. The molecule has 0 aromatic carbocycles. The Kier molecular flexibility index (Phi) is 6.27. The lowest BCUT2D eigenvalue weighted by atomic mass is 10.0. The second-order valence-electron chi connectivity index (χ2n) is 4.56. The zero-order valence-corrected chi connectivity index (χ0v) is 10.7. The van der Waals surface area contributed by atoms with Crippen LogP contribution in [0.15, 0.2) is 0 Å². The van der Waals surface area contributed by atoms with Crippen molar-refractivity contribution in [3.05, 3.63) is 0 Å². The van der Waals surface area contributed by atoms with Crippen molar-refractivity contribution in [2.45, 2.75) is 38.2 Å². The highest BCUT2D eigenvalue weighted by molar-refractivity contribution is 5.85. The molecule has 108 valence electrons. The highest BCUT2D eigenvalue weighted by atomic mass is 16.5. The number of carbonyl (C=O) groups is 3. The number of ether oxygens (including phenoxy) is 1. The van der Waals surface area contributed by atoms with Gasteiger partial charge in [0, 0.05) is 13.0 Å². The van der Waals surface area contributed by atoms with Crippen LogP contribution in [-0.4, -0.2) is 58.8 Å². The number of hydrogen-bond donors (Lipinski definition) is 2. The van der Waals surface area contributed by atoms with Crippen molar-refractivity contribution in [3.8, 4) is 0 Å². The zero-order valence-electron chi connectivity index (χ0n) is 10.7. The van der Waals surface area contributed by atoms with Gasteiger partial charge in [-0.05, 0) is 25.7 Å². The smallest absolute Gasteiger partial charge is 0.323 e. The van der Waals surface area contributed by atoms with E-state index in [4.69, 9.17) is 14.9 Å². The average molecular weight is 273 g/mol.